The molecule has 2 N–H and O–H groups in total. The smallest absolute Gasteiger partial charge is 0.415 e. The lowest BCUT2D eigenvalue weighted by molar-refractivity contribution is -0.129. The van der Waals surface area contributed by atoms with Gasteiger partial charge in [0.15, 0.2) is 5.78 Å². The van der Waals surface area contributed by atoms with Gasteiger partial charge in [-0.2, -0.15) is 0 Å². The van der Waals surface area contributed by atoms with Gasteiger partial charge < -0.3 is 20.1 Å². The van der Waals surface area contributed by atoms with Gasteiger partial charge in [-0.05, 0) is 65.0 Å². The van der Waals surface area contributed by atoms with Gasteiger partial charge in [-0.25, -0.2) is 9.59 Å². The Kier molecular flexibility index (Phi) is 9.46. The predicted octanol–water partition coefficient (Wildman–Crippen LogP) is 3.66. The van der Waals surface area contributed by atoms with Gasteiger partial charge in [-0.3, -0.25) is 14.5 Å². The Morgan fingerprint density at radius 1 is 1.12 bits per heavy atom. The first-order valence-electron chi connectivity index (χ1n) is 11.7. The monoisotopic (exact) mass is 475 g/mol. The number of alkyl carbamates (subject to hydrolysis) is 1. The number of nitrogens with zero attached hydrogens (tertiary/aromatic N) is 1. The lowest BCUT2D eigenvalue weighted by Gasteiger charge is -2.26. The van der Waals surface area contributed by atoms with Gasteiger partial charge in [0, 0.05) is 6.04 Å². The number of rotatable bonds is 6. The number of hydrogen-bond acceptors (Lipinski definition) is 6. The van der Waals surface area contributed by atoms with Gasteiger partial charge in [0.05, 0.1) is 12.6 Å². The fourth-order valence-corrected chi connectivity index (χ4v) is 3.63. The zero-order chi connectivity index (χ0) is 25.5. The lowest BCUT2D eigenvalue weighted by atomic mass is 10.0. The average molecular weight is 476 g/mol. The highest BCUT2D eigenvalue weighted by Gasteiger charge is 2.35. The molecule has 1 fully saturated rings. The van der Waals surface area contributed by atoms with Crippen LogP contribution in [0, 0.1) is 5.92 Å². The summed E-state index contributed by atoms with van der Waals surface area (Å²) in [5.74, 6) is -0.223. The summed E-state index contributed by atoms with van der Waals surface area (Å²) in [6, 6.07) is 6.80. The van der Waals surface area contributed by atoms with Crippen LogP contribution in [0.5, 0.6) is 5.75 Å². The van der Waals surface area contributed by atoms with Crippen LogP contribution >= 0.6 is 0 Å². The van der Waals surface area contributed by atoms with E-state index in [0.29, 0.717) is 25.0 Å². The number of Topliss-reactive ketones (excluding diaryl/α,β-unsaturated/α-hetero) is 1. The van der Waals surface area contributed by atoms with Crippen LogP contribution in [0.25, 0.3) is 0 Å². The van der Waals surface area contributed by atoms with E-state index in [0.717, 1.165) is 0 Å². The van der Waals surface area contributed by atoms with Crippen molar-refractivity contribution in [2.24, 2.45) is 5.92 Å². The van der Waals surface area contributed by atoms with Crippen molar-refractivity contribution in [1.29, 1.82) is 0 Å². The van der Waals surface area contributed by atoms with Crippen LogP contribution in [-0.4, -0.2) is 59.0 Å². The van der Waals surface area contributed by atoms with E-state index in [1.54, 1.807) is 45.0 Å². The van der Waals surface area contributed by atoms with Crippen LogP contribution in [0.3, 0.4) is 0 Å². The maximum Gasteiger partial charge on any atom is 0.415 e. The molecular weight excluding hydrogens is 438 g/mol. The van der Waals surface area contributed by atoms with Gasteiger partial charge in [0.1, 0.15) is 17.4 Å². The summed E-state index contributed by atoms with van der Waals surface area (Å²) in [4.78, 5) is 52.2. The van der Waals surface area contributed by atoms with E-state index in [2.05, 4.69) is 10.6 Å². The van der Waals surface area contributed by atoms with Crippen molar-refractivity contribution >= 4 is 23.9 Å². The summed E-state index contributed by atoms with van der Waals surface area (Å²) in [5, 5.41) is 5.39. The summed E-state index contributed by atoms with van der Waals surface area (Å²) >= 11 is 0. The fourth-order valence-electron chi connectivity index (χ4n) is 3.63. The molecule has 1 saturated heterocycles. The van der Waals surface area contributed by atoms with Crippen LogP contribution in [0.4, 0.5) is 9.59 Å². The molecule has 0 aromatic heterocycles. The zero-order valence-corrected chi connectivity index (χ0v) is 20.9. The highest BCUT2D eigenvalue weighted by molar-refractivity contribution is 5.94. The molecule has 188 valence electrons. The molecule has 3 atom stereocenters. The second kappa shape index (κ2) is 11.9. The van der Waals surface area contributed by atoms with Crippen LogP contribution in [0.1, 0.15) is 60.8 Å². The van der Waals surface area contributed by atoms with E-state index < -0.39 is 35.8 Å². The van der Waals surface area contributed by atoms with E-state index in [9.17, 15) is 19.2 Å². The standard InChI is InChI=1S/C25H37N3O6/c1-16(2)14-20(27-23(31)34-25(4,5)6)22(30)26-19-13-12-17(3)28(15-21(19)29)24(32)33-18-10-8-7-9-11-18/h7-11,16-17,19-20H,12-15H2,1-6H3,(H,26,30)(H,27,31)/t17-,19+,20+/m1/s1. The lowest BCUT2D eigenvalue weighted by Crippen LogP contribution is -2.53. The number of nitrogens with one attached hydrogen (secondary N) is 2. The molecule has 34 heavy (non-hydrogen) atoms. The second-order valence-corrected chi connectivity index (χ2v) is 10.1. The summed E-state index contributed by atoms with van der Waals surface area (Å²) in [6.07, 6.45) is -0.0265. The van der Waals surface area contributed by atoms with Crippen molar-refractivity contribution in [3.8, 4) is 5.75 Å². The molecular formula is C25H37N3O6. The van der Waals surface area contributed by atoms with Crippen LogP contribution in [0.2, 0.25) is 0 Å². The molecule has 0 unspecified atom stereocenters. The van der Waals surface area contributed by atoms with Crippen LogP contribution in [0.15, 0.2) is 30.3 Å². The molecule has 1 heterocycles. The Morgan fingerprint density at radius 3 is 2.35 bits per heavy atom. The number of likely N-dealkylation sites (tertiary alicyclic amines) is 1. The van der Waals surface area contributed by atoms with Gasteiger partial charge in [0.25, 0.3) is 0 Å². The predicted molar refractivity (Wildman–Crippen MR) is 127 cm³/mol. The number of carbonyl (C=O) groups excluding carboxylic acids is 4. The van der Waals surface area contributed by atoms with E-state index in [4.69, 9.17) is 9.47 Å². The molecule has 9 nitrogen and oxygen atoms in total. The quantitative estimate of drug-likeness (QED) is 0.649. The number of carbonyl (C=O) groups is 4. The Labute approximate surface area is 201 Å². The minimum atomic E-state index is -0.845. The number of amides is 3. The first kappa shape index (κ1) is 27.1. The van der Waals surface area contributed by atoms with E-state index >= 15 is 0 Å². The highest BCUT2D eigenvalue weighted by atomic mass is 16.6. The van der Waals surface area contributed by atoms with Gasteiger partial charge >= 0.3 is 12.2 Å². The second-order valence-electron chi connectivity index (χ2n) is 10.1. The Morgan fingerprint density at radius 2 is 1.76 bits per heavy atom. The third-order valence-corrected chi connectivity index (χ3v) is 5.33. The van der Waals surface area contributed by atoms with Gasteiger partial charge in [-0.15, -0.1) is 0 Å². The van der Waals surface area contributed by atoms with Crippen LogP contribution in [-0.2, 0) is 14.3 Å². The minimum Gasteiger partial charge on any atom is -0.444 e. The van der Waals surface area contributed by atoms with Crippen LogP contribution < -0.4 is 15.4 Å². The summed E-state index contributed by atoms with van der Waals surface area (Å²) in [7, 11) is 0. The molecule has 0 spiro atoms. The van der Waals surface area contributed by atoms with Crippen molar-refractivity contribution in [3.05, 3.63) is 30.3 Å². The number of hydrogen-bond donors (Lipinski definition) is 2. The molecule has 0 radical (unpaired) electrons. The summed E-state index contributed by atoms with van der Waals surface area (Å²) in [5.41, 5.74) is -0.700. The van der Waals surface area contributed by atoms with Crippen molar-refractivity contribution in [3.63, 3.8) is 0 Å². The number of ether oxygens (including phenoxy) is 2. The molecule has 1 aromatic carbocycles. The molecule has 9 heteroatoms. The highest BCUT2D eigenvalue weighted by Crippen LogP contribution is 2.19. The number of ketones is 1. The van der Waals surface area contributed by atoms with Crippen molar-refractivity contribution in [2.75, 3.05) is 6.54 Å². The van der Waals surface area contributed by atoms with Crippen molar-refractivity contribution in [2.45, 2.75) is 84.5 Å². The molecule has 0 aliphatic carbocycles. The van der Waals surface area contributed by atoms with Crippen molar-refractivity contribution < 1.29 is 28.7 Å². The zero-order valence-electron chi connectivity index (χ0n) is 20.9. The maximum absolute atomic E-state index is 13.0. The van der Waals surface area contributed by atoms with Gasteiger partial charge in [0.2, 0.25) is 5.91 Å². The molecule has 0 saturated carbocycles. The number of para-hydroxylation sites is 1. The molecule has 1 aliphatic heterocycles. The molecule has 1 aromatic rings. The number of benzene rings is 1. The topological polar surface area (TPSA) is 114 Å². The van der Waals surface area contributed by atoms with E-state index in [-0.39, 0.29) is 24.3 Å². The third kappa shape index (κ3) is 8.68. The SMILES string of the molecule is CC(C)C[C@H](NC(=O)OC(C)(C)C)C(=O)N[C@H]1CC[C@@H](C)N(C(=O)Oc2ccccc2)CC1=O. The minimum absolute atomic E-state index is 0.124. The first-order chi connectivity index (χ1) is 15.9. The summed E-state index contributed by atoms with van der Waals surface area (Å²) < 4.78 is 10.7. The van der Waals surface area contributed by atoms with Crippen molar-refractivity contribution in [1.82, 2.24) is 15.5 Å². The molecule has 0 bridgehead atoms. The molecule has 2 rings (SSSR count). The first-order valence-corrected chi connectivity index (χ1v) is 11.7. The Balaban J connectivity index is 2.04. The fraction of sp³-hybridized carbons (Fsp3) is 0.600. The normalized spacial score (nSPS) is 19.7. The molecule has 1 aliphatic rings. The summed E-state index contributed by atoms with van der Waals surface area (Å²) in [6.45, 7) is 10.8. The van der Waals surface area contributed by atoms with E-state index in [1.165, 1.54) is 4.90 Å². The maximum atomic E-state index is 13.0. The third-order valence-electron chi connectivity index (χ3n) is 5.33. The molecule has 3 amide bonds. The van der Waals surface area contributed by atoms with E-state index in [1.807, 2.05) is 26.8 Å². The average Bonchev–Trinajstić information content (AvgIpc) is 2.85. The Hall–Kier alpha value is -3.10. The Bertz CT molecular complexity index is 865. The van der Waals surface area contributed by atoms with Gasteiger partial charge in [-0.1, -0.05) is 32.0 Å². The largest absolute Gasteiger partial charge is 0.444 e.